The van der Waals surface area contributed by atoms with Crippen LogP contribution in [0.15, 0.2) is 53.4 Å². The molecule has 0 aromatic heterocycles. The summed E-state index contributed by atoms with van der Waals surface area (Å²) in [6, 6.07) is 11.1. The summed E-state index contributed by atoms with van der Waals surface area (Å²) in [5.74, 6) is -0.606. The minimum Gasteiger partial charge on any atom is -0.349 e. The van der Waals surface area contributed by atoms with Crippen molar-refractivity contribution in [2.24, 2.45) is 0 Å². The Bertz CT molecular complexity index is 1080. The molecule has 1 aliphatic rings. The van der Waals surface area contributed by atoms with Crippen LogP contribution in [0.4, 0.5) is 5.69 Å². The van der Waals surface area contributed by atoms with E-state index in [1.54, 1.807) is 37.3 Å². The Balaban J connectivity index is 1.60. The van der Waals surface area contributed by atoms with E-state index in [1.165, 1.54) is 24.3 Å². The van der Waals surface area contributed by atoms with Gasteiger partial charge in [0.25, 0.3) is 5.91 Å². The van der Waals surface area contributed by atoms with Crippen LogP contribution in [0.5, 0.6) is 0 Å². The molecule has 0 heterocycles. The molecule has 0 saturated heterocycles. The number of anilines is 1. The second-order valence-corrected chi connectivity index (χ2v) is 9.01. The lowest BCUT2D eigenvalue weighted by Crippen LogP contribution is -2.25. The third kappa shape index (κ3) is 5.91. The van der Waals surface area contributed by atoms with Gasteiger partial charge in [0.05, 0.1) is 15.5 Å². The molecule has 3 rings (SSSR count). The van der Waals surface area contributed by atoms with Gasteiger partial charge in [0, 0.05) is 24.4 Å². The molecule has 0 atom stereocenters. The van der Waals surface area contributed by atoms with Crippen molar-refractivity contribution in [3.63, 3.8) is 0 Å². The number of sulfonamides is 1. The van der Waals surface area contributed by atoms with Gasteiger partial charge in [0.1, 0.15) is 0 Å². The highest BCUT2D eigenvalue weighted by atomic mass is 35.5. The van der Waals surface area contributed by atoms with Crippen molar-refractivity contribution in [1.82, 2.24) is 10.0 Å². The van der Waals surface area contributed by atoms with E-state index >= 15 is 0 Å². The maximum absolute atomic E-state index is 12.2. The smallest absolute Gasteiger partial charge is 0.253 e. The van der Waals surface area contributed by atoms with Crippen LogP contribution in [-0.4, -0.2) is 32.8 Å². The Morgan fingerprint density at radius 3 is 2.43 bits per heavy atom. The van der Waals surface area contributed by atoms with Crippen LogP contribution in [0.25, 0.3) is 6.08 Å². The minimum absolute atomic E-state index is 0.159. The van der Waals surface area contributed by atoms with Crippen molar-refractivity contribution >= 4 is 45.2 Å². The fourth-order valence-corrected chi connectivity index (χ4v) is 3.96. The molecule has 3 N–H and O–H groups in total. The summed E-state index contributed by atoms with van der Waals surface area (Å²) in [4.78, 5) is 24.4. The van der Waals surface area contributed by atoms with Gasteiger partial charge >= 0.3 is 0 Å². The van der Waals surface area contributed by atoms with Gasteiger partial charge in [-0.1, -0.05) is 30.7 Å². The number of nitrogens with one attached hydrogen (secondary N) is 3. The summed E-state index contributed by atoms with van der Waals surface area (Å²) in [7, 11) is -3.51. The van der Waals surface area contributed by atoms with Gasteiger partial charge in [-0.2, -0.15) is 0 Å². The largest absolute Gasteiger partial charge is 0.349 e. The Kier molecular flexibility index (Phi) is 6.91. The Morgan fingerprint density at radius 1 is 1.13 bits per heavy atom. The van der Waals surface area contributed by atoms with Gasteiger partial charge < -0.3 is 10.6 Å². The first-order chi connectivity index (χ1) is 14.3. The summed E-state index contributed by atoms with van der Waals surface area (Å²) in [5.41, 5.74) is 1.50. The number of carbonyl (C=O) groups is 2. The molecule has 158 valence electrons. The standard InChI is InChI=1S/C21H22ClN3O4S/c1-2-23-30(28,29)17-9-3-14(4-10-17)5-12-20(26)24-16-8-11-18(19(22)13-16)21(27)25-15-6-7-15/h3-5,8-13,15,23H,2,6-7H2,1H3,(H,24,26)(H,25,27). The molecule has 2 amide bonds. The average molecular weight is 448 g/mol. The molecule has 0 bridgehead atoms. The number of hydrogen-bond donors (Lipinski definition) is 3. The Labute approximate surface area is 180 Å². The van der Waals surface area contributed by atoms with E-state index in [0.717, 1.165) is 12.8 Å². The van der Waals surface area contributed by atoms with Crippen molar-refractivity contribution in [3.8, 4) is 0 Å². The van der Waals surface area contributed by atoms with E-state index < -0.39 is 10.0 Å². The van der Waals surface area contributed by atoms with Crippen LogP contribution in [0.3, 0.4) is 0 Å². The third-order valence-corrected chi connectivity index (χ3v) is 6.22. The topological polar surface area (TPSA) is 104 Å². The maximum atomic E-state index is 12.2. The van der Waals surface area contributed by atoms with E-state index in [2.05, 4.69) is 15.4 Å². The van der Waals surface area contributed by atoms with Crippen molar-refractivity contribution < 1.29 is 18.0 Å². The molecule has 1 saturated carbocycles. The molecular formula is C21H22ClN3O4S. The molecule has 9 heteroatoms. The summed E-state index contributed by atoms with van der Waals surface area (Å²) in [6.45, 7) is 2.01. The zero-order valence-electron chi connectivity index (χ0n) is 16.3. The number of carbonyl (C=O) groups excluding carboxylic acids is 2. The van der Waals surface area contributed by atoms with Crippen LogP contribution in [0.2, 0.25) is 5.02 Å². The normalized spacial score (nSPS) is 13.9. The summed E-state index contributed by atoms with van der Waals surface area (Å²) in [6.07, 6.45) is 4.86. The fraction of sp³-hybridized carbons (Fsp3) is 0.238. The van der Waals surface area contributed by atoms with Gasteiger partial charge in [-0.3, -0.25) is 9.59 Å². The lowest BCUT2D eigenvalue weighted by atomic mass is 10.2. The number of rotatable bonds is 8. The quantitative estimate of drug-likeness (QED) is 0.540. The van der Waals surface area contributed by atoms with E-state index in [1.807, 2.05) is 0 Å². The molecule has 0 spiro atoms. The van der Waals surface area contributed by atoms with Crippen molar-refractivity contribution in [2.75, 3.05) is 11.9 Å². The predicted molar refractivity (Wildman–Crippen MR) is 117 cm³/mol. The molecule has 0 unspecified atom stereocenters. The predicted octanol–water partition coefficient (Wildman–Crippen LogP) is 3.18. The SMILES string of the molecule is CCNS(=O)(=O)c1ccc(C=CC(=O)Nc2ccc(C(=O)NC3CC3)c(Cl)c2)cc1. The molecule has 0 aliphatic heterocycles. The van der Waals surface area contributed by atoms with Gasteiger partial charge in [-0.15, -0.1) is 0 Å². The summed E-state index contributed by atoms with van der Waals surface area (Å²) >= 11 is 6.17. The van der Waals surface area contributed by atoms with Crippen LogP contribution in [0, 0.1) is 0 Å². The molecule has 1 aliphatic carbocycles. The lowest BCUT2D eigenvalue weighted by molar-refractivity contribution is -0.111. The second-order valence-electron chi connectivity index (χ2n) is 6.84. The summed E-state index contributed by atoms with van der Waals surface area (Å²) < 4.78 is 26.3. The zero-order chi connectivity index (χ0) is 21.7. The van der Waals surface area contributed by atoms with E-state index in [0.29, 0.717) is 23.4 Å². The number of amides is 2. The first-order valence-electron chi connectivity index (χ1n) is 9.47. The van der Waals surface area contributed by atoms with Crippen LogP contribution in [0.1, 0.15) is 35.7 Å². The molecule has 7 nitrogen and oxygen atoms in total. The van der Waals surface area contributed by atoms with Crippen LogP contribution in [-0.2, 0) is 14.8 Å². The summed E-state index contributed by atoms with van der Waals surface area (Å²) in [5, 5.41) is 5.80. The highest BCUT2D eigenvalue weighted by Gasteiger charge is 2.24. The number of halogens is 1. The van der Waals surface area contributed by atoms with Gasteiger partial charge in [-0.25, -0.2) is 13.1 Å². The highest BCUT2D eigenvalue weighted by Crippen LogP contribution is 2.24. The van der Waals surface area contributed by atoms with E-state index in [9.17, 15) is 18.0 Å². The van der Waals surface area contributed by atoms with Crippen molar-refractivity contribution in [3.05, 3.63) is 64.7 Å². The van der Waals surface area contributed by atoms with E-state index in [-0.39, 0.29) is 27.8 Å². The van der Waals surface area contributed by atoms with Crippen LogP contribution >= 0.6 is 11.6 Å². The highest BCUT2D eigenvalue weighted by molar-refractivity contribution is 7.89. The first kappa shape index (κ1) is 22.0. The Hall–Kier alpha value is -2.68. The fourth-order valence-electron chi connectivity index (χ4n) is 2.66. The second kappa shape index (κ2) is 9.42. The Morgan fingerprint density at radius 2 is 1.83 bits per heavy atom. The lowest BCUT2D eigenvalue weighted by Gasteiger charge is -2.08. The third-order valence-electron chi connectivity index (χ3n) is 4.35. The van der Waals surface area contributed by atoms with Crippen LogP contribution < -0.4 is 15.4 Å². The molecule has 1 fully saturated rings. The molecule has 30 heavy (non-hydrogen) atoms. The van der Waals surface area contributed by atoms with Gasteiger partial charge in [0.2, 0.25) is 15.9 Å². The van der Waals surface area contributed by atoms with Crippen molar-refractivity contribution in [2.45, 2.75) is 30.7 Å². The molecular weight excluding hydrogens is 426 g/mol. The van der Waals surface area contributed by atoms with E-state index in [4.69, 9.17) is 11.6 Å². The minimum atomic E-state index is -3.51. The van der Waals surface area contributed by atoms with Crippen molar-refractivity contribution in [1.29, 1.82) is 0 Å². The number of hydrogen-bond acceptors (Lipinski definition) is 4. The van der Waals surface area contributed by atoms with Gasteiger partial charge in [-0.05, 0) is 54.8 Å². The molecule has 0 radical (unpaired) electrons. The first-order valence-corrected chi connectivity index (χ1v) is 11.3. The number of benzene rings is 2. The molecule has 2 aromatic carbocycles. The van der Waals surface area contributed by atoms with Gasteiger partial charge in [0.15, 0.2) is 0 Å². The zero-order valence-corrected chi connectivity index (χ0v) is 17.9. The average Bonchev–Trinajstić information content (AvgIpc) is 3.50. The maximum Gasteiger partial charge on any atom is 0.253 e. The monoisotopic (exact) mass is 447 g/mol. The molecule has 2 aromatic rings.